The van der Waals surface area contributed by atoms with Gasteiger partial charge in [0.05, 0.1) is 5.69 Å². The molecule has 7 heteroatoms. The minimum atomic E-state index is -3.80. The molecule has 0 radical (unpaired) electrons. The lowest BCUT2D eigenvalue weighted by atomic mass is 10.2. The predicted molar refractivity (Wildman–Crippen MR) is 80.9 cm³/mol. The number of anilines is 1. The molecular weight excluding hydrogens is 315 g/mol. The van der Waals surface area contributed by atoms with Gasteiger partial charge in [-0.2, -0.15) is 4.31 Å². The third kappa shape index (κ3) is 3.53. The van der Waals surface area contributed by atoms with Gasteiger partial charge in [-0.3, -0.25) is 0 Å². The zero-order chi connectivity index (χ0) is 15.6. The molecule has 112 valence electrons. The number of hydrogen-bond donors (Lipinski definition) is 1. The molecular formula is C14H14ClFN2O2S. The predicted octanol–water partition coefficient (Wildman–Crippen LogP) is 2.88. The smallest absolute Gasteiger partial charge is 0.245 e. The third-order valence-electron chi connectivity index (χ3n) is 2.95. The highest BCUT2D eigenvalue weighted by Gasteiger charge is 2.23. The van der Waals surface area contributed by atoms with E-state index < -0.39 is 15.8 Å². The van der Waals surface area contributed by atoms with Gasteiger partial charge in [-0.25, -0.2) is 12.8 Å². The Hall–Kier alpha value is -1.63. The quantitative estimate of drug-likeness (QED) is 0.878. The number of nitrogen functional groups attached to an aromatic ring is 1. The number of nitrogens with zero attached hydrogens (tertiary/aromatic N) is 1. The molecule has 0 aliphatic rings. The fourth-order valence-electron chi connectivity index (χ4n) is 1.90. The second-order valence-corrected chi connectivity index (χ2v) is 7.02. The van der Waals surface area contributed by atoms with Crippen molar-refractivity contribution in [3.8, 4) is 0 Å². The second kappa shape index (κ2) is 6.01. The first-order valence-corrected chi connectivity index (χ1v) is 7.88. The largest absolute Gasteiger partial charge is 0.398 e. The summed E-state index contributed by atoms with van der Waals surface area (Å²) < 4.78 is 39.1. The van der Waals surface area contributed by atoms with Crippen molar-refractivity contribution in [3.05, 3.63) is 58.9 Å². The van der Waals surface area contributed by atoms with Crippen LogP contribution in [0.15, 0.2) is 47.4 Å². The molecule has 2 N–H and O–H groups in total. The van der Waals surface area contributed by atoms with E-state index in [1.54, 1.807) is 24.3 Å². The summed E-state index contributed by atoms with van der Waals surface area (Å²) in [5, 5.41) is 0.527. The van der Waals surface area contributed by atoms with Crippen molar-refractivity contribution in [1.29, 1.82) is 0 Å². The van der Waals surface area contributed by atoms with Gasteiger partial charge in [0, 0.05) is 18.6 Å². The van der Waals surface area contributed by atoms with E-state index in [0.717, 1.165) is 28.1 Å². The van der Waals surface area contributed by atoms with Crippen LogP contribution in [0.3, 0.4) is 0 Å². The van der Waals surface area contributed by atoms with Gasteiger partial charge in [0.25, 0.3) is 0 Å². The number of sulfonamides is 1. The Morgan fingerprint density at radius 3 is 2.57 bits per heavy atom. The van der Waals surface area contributed by atoms with Crippen LogP contribution in [0.25, 0.3) is 0 Å². The Balaban J connectivity index is 2.30. The van der Waals surface area contributed by atoms with Crippen molar-refractivity contribution in [3.63, 3.8) is 0 Å². The lowest BCUT2D eigenvalue weighted by Crippen LogP contribution is -2.27. The normalized spacial score (nSPS) is 11.8. The molecule has 0 spiro atoms. The highest BCUT2D eigenvalue weighted by Crippen LogP contribution is 2.24. The van der Waals surface area contributed by atoms with Gasteiger partial charge >= 0.3 is 0 Å². The molecule has 0 saturated carbocycles. The molecule has 0 aromatic heterocycles. The monoisotopic (exact) mass is 328 g/mol. The van der Waals surface area contributed by atoms with Gasteiger partial charge in [-0.05, 0) is 35.9 Å². The zero-order valence-electron chi connectivity index (χ0n) is 11.3. The highest BCUT2D eigenvalue weighted by molar-refractivity contribution is 7.89. The van der Waals surface area contributed by atoms with E-state index in [4.69, 9.17) is 17.3 Å². The van der Waals surface area contributed by atoms with Crippen molar-refractivity contribution >= 4 is 27.3 Å². The Morgan fingerprint density at radius 2 is 1.95 bits per heavy atom. The Labute approximate surface area is 128 Å². The topological polar surface area (TPSA) is 63.4 Å². The molecule has 2 rings (SSSR count). The van der Waals surface area contributed by atoms with Crippen LogP contribution < -0.4 is 5.73 Å². The van der Waals surface area contributed by atoms with Crippen molar-refractivity contribution in [2.24, 2.45) is 0 Å². The molecule has 0 saturated heterocycles. The summed E-state index contributed by atoms with van der Waals surface area (Å²) in [4.78, 5) is -0.117. The van der Waals surface area contributed by atoms with E-state index in [1.807, 2.05) is 0 Å². The summed E-state index contributed by atoms with van der Waals surface area (Å²) in [6.07, 6.45) is 0. The van der Waals surface area contributed by atoms with E-state index in [9.17, 15) is 12.8 Å². The minimum absolute atomic E-state index is 0.117. The Kier molecular flexibility index (Phi) is 4.51. The molecule has 0 aliphatic heterocycles. The van der Waals surface area contributed by atoms with Gasteiger partial charge in [-0.1, -0.05) is 23.7 Å². The first kappa shape index (κ1) is 15.8. The molecule has 0 fully saturated rings. The first-order valence-electron chi connectivity index (χ1n) is 6.06. The van der Waals surface area contributed by atoms with Crippen molar-refractivity contribution in [2.75, 3.05) is 12.8 Å². The fraction of sp³-hybridized carbons (Fsp3) is 0.143. The minimum Gasteiger partial charge on any atom is -0.398 e. The van der Waals surface area contributed by atoms with E-state index in [0.29, 0.717) is 5.02 Å². The van der Waals surface area contributed by atoms with Crippen LogP contribution in [0, 0.1) is 5.82 Å². The molecule has 0 amide bonds. The van der Waals surface area contributed by atoms with Crippen molar-refractivity contribution in [2.45, 2.75) is 11.4 Å². The maximum atomic E-state index is 13.0. The van der Waals surface area contributed by atoms with E-state index >= 15 is 0 Å². The summed E-state index contributed by atoms with van der Waals surface area (Å²) in [6, 6.07) is 10.1. The second-order valence-electron chi connectivity index (χ2n) is 4.57. The summed E-state index contributed by atoms with van der Waals surface area (Å²) in [5.41, 5.74) is 6.22. The number of halogens is 2. The van der Waals surface area contributed by atoms with Gasteiger partial charge < -0.3 is 5.73 Å². The lowest BCUT2D eigenvalue weighted by Gasteiger charge is -2.18. The van der Waals surface area contributed by atoms with Crippen LogP contribution in [0.1, 0.15) is 5.56 Å². The first-order chi connectivity index (χ1) is 9.80. The van der Waals surface area contributed by atoms with Crippen molar-refractivity contribution in [1.82, 2.24) is 4.31 Å². The van der Waals surface area contributed by atoms with Crippen LogP contribution in [-0.4, -0.2) is 19.8 Å². The van der Waals surface area contributed by atoms with Crippen LogP contribution >= 0.6 is 11.6 Å². The van der Waals surface area contributed by atoms with Crippen molar-refractivity contribution < 1.29 is 12.8 Å². The fourth-order valence-corrected chi connectivity index (χ4v) is 3.36. The molecule has 0 unspecified atom stereocenters. The highest BCUT2D eigenvalue weighted by atomic mass is 35.5. The van der Waals surface area contributed by atoms with E-state index in [2.05, 4.69) is 0 Å². The Bertz CT molecular complexity index is 765. The summed E-state index contributed by atoms with van der Waals surface area (Å²) in [6.45, 7) is 0.139. The maximum Gasteiger partial charge on any atom is 0.245 e. The molecule has 21 heavy (non-hydrogen) atoms. The van der Waals surface area contributed by atoms with Crippen LogP contribution in [0.5, 0.6) is 0 Å². The third-order valence-corrected chi connectivity index (χ3v) is 5.07. The maximum absolute atomic E-state index is 13.0. The van der Waals surface area contributed by atoms with Gasteiger partial charge in [0.1, 0.15) is 10.7 Å². The molecule has 0 atom stereocenters. The number of benzene rings is 2. The van der Waals surface area contributed by atoms with Crippen LogP contribution in [0.2, 0.25) is 5.02 Å². The summed E-state index contributed by atoms with van der Waals surface area (Å²) >= 11 is 5.87. The molecule has 2 aromatic carbocycles. The van der Waals surface area contributed by atoms with E-state index in [-0.39, 0.29) is 17.1 Å². The molecule has 4 nitrogen and oxygen atoms in total. The number of rotatable bonds is 4. The standard InChI is InChI=1S/C14H14ClFN2O2S/c1-18(9-10-3-2-4-11(15)7-10)21(19,20)14-6-5-12(16)8-13(14)17/h2-8H,9,17H2,1H3. The average molecular weight is 329 g/mol. The SMILES string of the molecule is CN(Cc1cccc(Cl)c1)S(=O)(=O)c1ccc(F)cc1N. The van der Waals surface area contributed by atoms with Crippen LogP contribution in [-0.2, 0) is 16.6 Å². The summed E-state index contributed by atoms with van der Waals surface area (Å²) in [5.74, 6) is -0.580. The van der Waals surface area contributed by atoms with Gasteiger partial charge in [0.2, 0.25) is 10.0 Å². The molecule has 0 heterocycles. The number of hydrogen-bond acceptors (Lipinski definition) is 3. The molecule has 0 bridgehead atoms. The summed E-state index contributed by atoms with van der Waals surface area (Å²) in [7, 11) is -2.37. The average Bonchev–Trinajstić information content (AvgIpc) is 2.38. The molecule has 0 aliphatic carbocycles. The van der Waals surface area contributed by atoms with Crippen LogP contribution in [0.4, 0.5) is 10.1 Å². The van der Waals surface area contributed by atoms with Gasteiger partial charge in [0.15, 0.2) is 0 Å². The molecule has 2 aromatic rings. The zero-order valence-corrected chi connectivity index (χ0v) is 12.8. The Morgan fingerprint density at radius 1 is 1.24 bits per heavy atom. The van der Waals surface area contributed by atoms with E-state index in [1.165, 1.54) is 7.05 Å². The lowest BCUT2D eigenvalue weighted by molar-refractivity contribution is 0.467. The van der Waals surface area contributed by atoms with Gasteiger partial charge in [-0.15, -0.1) is 0 Å². The number of nitrogens with two attached hydrogens (primary N) is 1.